The lowest BCUT2D eigenvalue weighted by Crippen LogP contribution is -1.98. The van der Waals surface area contributed by atoms with Crippen LogP contribution in [0.3, 0.4) is 0 Å². The molecule has 0 aliphatic carbocycles. The van der Waals surface area contributed by atoms with Gasteiger partial charge in [-0.05, 0) is 12.1 Å². The average molecular weight is 193 g/mol. The highest BCUT2D eigenvalue weighted by molar-refractivity contribution is 5.97. The smallest absolute Gasteiger partial charge is 0.378 e. The van der Waals surface area contributed by atoms with Crippen LogP contribution in [0, 0.1) is 0 Å². The molecular formula is C9H7NO4. The summed E-state index contributed by atoms with van der Waals surface area (Å²) in [5.74, 6) is -1.18. The van der Waals surface area contributed by atoms with E-state index in [4.69, 9.17) is 4.42 Å². The van der Waals surface area contributed by atoms with E-state index in [0.717, 1.165) is 0 Å². The zero-order chi connectivity index (χ0) is 10.1. The van der Waals surface area contributed by atoms with Gasteiger partial charge in [0.15, 0.2) is 5.75 Å². The van der Waals surface area contributed by atoms with Crippen LogP contribution >= 0.6 is 0 Å². The van der Waals surface area contributed by atoms with Crippen molar-refractivity contribution in [3.05, 3.63) is 24.1 Å². The molecular weight excluding hydrogens is 186 g/mol. The lowest BCUT2D eigenvalue weighted by atomic mass is 10.3. The quantitative estimate of drug-likeness (QED) is 0.691. The third-order valence-electron chi connectivity index (χ3n) is 1.81. The Labute approximate surface area is 78.9 Å². The second-order valence-corrected chi connectivity index (χ2v) is 2.63. The summed E-state index contributed by atoms with van der Waals surface area (Å²) >= 11 is 0. The van der Waals surface area contributed by atoms with Crippen LogP contribution in [0.5, 0.6) is 5.75 Å². The third-order valence-corrected chi connectivity index (χ3v) is 1.81. The van der Waals surface area contributed by atoms with E-state index in [9.17, 15) is 9.90 Å². The fourth-order valence-corrected chi connectivity index (χ4v) is 1.15. The molecule has 2 aromatic heterocycles. The lowest BCUT2D eigenvalue weighted by molar-refractivity contribution is 0.0563. The van der Waals surface area contributed by atoms with E-state index in [1.165, 1.54) is 13.3 Å². The predicted molar refractivity (Wildman–Crippen MR) is 47.0 cm³/mol. The Morgan fingerprint density at radius 1 is 1.64 bits per heavy atom. The molecule has 0 aliphatic heterocycles. The van der Waals surface area contributed by atoms with Gasteiger partial charge in [0.25, 0.3) is 5.76 Å². The predicted octanol–water partition coefficient (Wildman–Crippen LogP) is 1.32. The maximum Gasteiger partial charge on any atom is 0.378 e. The number of rotatable bonds is 1. The molecule has 0 saturated heterocycles. The number of hydrogen-bond acceptors (Lipinski definition) is 5. The molecule has 5 nitrogen and oxygen atoms in total. The highest BCUT2D eigenvalue weighted by Crippen LogP contribution is 2.30. The molecule has 0 saturated carbocycles. The normalized spacial score (nSPS) is 10.4. The molecule has 0 unspecified atom stereocenters. The number of ether oxygens (including phenoxy) is 1. The van der Waals surface area contributed by atoms with E-state index in [1.807, 2.05) is 0 Å². The van der Waals surface area contributed by atoms with Crippen molar-refractivity contribution in [1.29, 1.82) is 0 Å². The van der Waals surface area contributed by atoms with Gasteiger partial charge >= 0.3 is 5.97 Å². The summed E-state index contributed by atoms with van der Waals surface area (Å²) in [6.45, 7) is 0. The number of hydrogen-bond donors (Lipinski definition) is 1. The molecule has 0 bridgehead atoms. The first-order valence-electron chi connectivity index (χ1n) is 3.89. The molecule has 2 rings (SSSR count). The number of carbonyl (C=O) groups is 1. The second-order valence-electron chi connectivity index (χ2n) is 2.63. The fourth-order valence-electron chi connectivity index (χ4n) is 1.15. The molecule has 5 heteroatoms. The van der Waals surface area contributed by atoms with Crippen LogP contribution in [0.15, 0.2) is 22.7 Å². The van der Waals surface area contributed by atoms with Crippen LogP contribution in [0.25, 0.3) is 11.1 Å². The summed E-state index contributed by atoms with van der Waals surface area (Å²) in [4.78, 5) is 14.9. The number of aromatic hydroxyl groups is 1. The van der Waals surface area contributed by atoms with Crippen LogP contribution in [0.4, 0.5) is 0 Å². The van der Waals surface area contributed by atoms with E-state index in [0.29, 0.717) is 5.39 Å². The van der Waals surface area contributed by atoms with Crippen LogP contribution in [-0.2, 0) is 4.74 Å². The number of esters is 1. The molecule has 1 N–H and O–H groups in total. The van der Waals surface area contributed by atoms with Gasteiger partial charge in [-0.25, -0.2) is 9.78 Å². The summed E-state index contributed by atoms with van der Waals surface area (Å²) in [6, 6.07) is 3.24. The van der Waals surface area contributed by atoms with E-state index >= 15 is 0 Å². The number of methoxy groups -OCH3 is 1. The van der Waals surface area contributed by atoms with Crippen molar-refractivity contribution in [3.8, 4) is 5.75 Å². The summed E-state index contributed by atoms with van der Waals surface area (Å²) in [5.41, 5.74) is 0.213. The number of fused-ring (bicyclic) bond motifs is 1. The first kappa shape index (κ1) is 8.55. The van der Waals surface area contributed by atoms with Crippen molar-refractivity contribution >= 4 is 17.1 Å². The Bertz CT molecular complexity index is 489. The third kappa shape index (κ3) is 1.10. The Morgan fingerprint density at radius 3 is 3.07 bits per heavy atom. The Kier molecular flexibility index (Phi) is 1.85. The van der Waals surface area contributed by atoms with Crippen LogP contribution in [-0.4, -0.2) is 23.2 Å². The monoisotopic (exact) mass is 193 g/mol. The molecule has 0 aromatic carbocycles. The molecule has 2 aromatic rings. The van der Waals surface area contributed by atoms with Gasteiger partial charge in [0.1, 0.15) is 0 Å². The van der Waals surface area contributed by atoms with Crippen molar-refractivity contribution < 1.29 is 19.1 Å². The van der Waals surface area contributed by atoms with Crippen LogP contribution in [0.1, 0.15) is 10.6 Å². The lowest BCUT2D eigenvalue weighted by Gasteiger charge is -1.92. The maximum atomic E-state index is 11.1. The minimum Gasteiger partial charge on any atom is -0.503 e. The van der Waals surface area contributed by atoms with Gasteiger partial charge in [-0.15, -0.1) is 0 Å². The van der Waals surface area contributed by atoms with Gasteiger partial charge in [-0.2, -0.15) is 0 Å². The van der Waals surface area contributed by atoms with Crippen molar-refractivity contribution in [3.63, 3.8) is 0 Å². The molecule has 0 amide bonds. The van der Waals surface area contributed by atoms with Crippen molar-refractivity contribution in [2.45, 2.75) is 0 Å². The zero-order valence-corrected chi connectivity index (χ0v) is 7.35. The Hall–Kier alpha value is -2.04. The number of carbonyl (C=O) groups excluding carboxylic acids is 1. The van der Waals surface area contributed by atoms with Crippen molar-refractivity contribution in [2.75, 3.05) is 7.11 Å². The van der Waals surface area contributed by atoms with Crippen LogP contribution < -0.4 is 0 Å². The summed E-state index contributed by atoms with van der Waals surface area (Å²) < 4.78 is 9.44. The second kappa shape index (κ2) is 3.02. The standard InChI is InChI=1S/C9H7NO4/c1-13-9(12)7-6(11)5-3-2-4-10-8(5)14-7/h2-4,11H,1H3. The number of nitrogens with zero attached hydrogens (tertiary/aromatic N) is 1. The summed E-state index contributed by atoms with van der Waals surface area (Å²) in [7, 11) is 1.21. The SMILES string of the molecule is COC(=O)c1oc2ncccc2c1O. The largest absolute Gasteiger partial charge is 0.503 e. The molecule has 0 radical (unpaired) electrons. The van der Waals surface area contributed by atoms with Gasteiger partial charge in [-0.1, -0.05) is 0 Å². The summed E-state index contributed by atoms with van der Waals surface area (Å²) in [6.07, 6.45) is 1.51. The molecule has 0 atom stereocenters. The Morgan fingerprint density at radius 2 is 2.43 bits per heavy atom. The van der Waals surface area contributed by atoms with Gasteiger partial charge in [0.2, 0.25) is 5.71 Å². The first-order valence-corrected chi connectivity index (χ1v) is 3.89. The molecule has 72 valence electrons. The first-order chi connectivity index (χ1) is 6.74. The maximum absolute atomic E-state index is 11.1. The average Bonchev–Trinajstić information content (AvgIpc) is 2.56. The summed E-state index contributed by atoms with van der Waals surface area (Å²) in [5, 5.41) is 9.95. The van der Waals surface area contributed by atoms with E-state index in [2.05, 4.69) is 9.72 Å². The fraction of sp³-hybridized carbons (Fsp3) is 0.111. The van der Waals surface area contributed by atoms with Gasteiger partial charge in [0, 0.05) is 6.20 Å². The van der Waals surface area contributed by atoms with E-state index in [-0.39, 0.29) is 17.2 Å². The molecule has 0 aliphatic rings. The van der Waals surface area contributed by atoms with Crippen molar-refractivity contribution in [1.82, 2.24) is 4.98 Å². The zero-order valence-electron chi connectivity index (χ0n) is 7.35. The van der Waals surface area contributed by atoms with E-state index in [1.54, 1.807) is 12.1 Å². The molecule has 14 heavy (non-hydrogen) atoms. The molecule has 0 spiro atoms. The molecule has 2 heterocycles. The topological polar surface area (TPSA) is 72.6 Å². The highest BCUT2D eigenvalue weighted by Gasteiger charge is 2.20. The van der Waals surface area contributed by atoms with E-state index < -0.39 is 5.97 Å². The number of aromatic nitrogens is 1. The minimum absolute atomic E-state index is 0.213. The Balaban J connectivity index is 2.68. The number of furan rings is 1. The van der Waals surface area contributed by atoms with Gasteiger partial charge < -0.3 is 14.3 Å². The van der Waals surface area contributed by atoms with Gasteiger partial charge in [0.05, 0.1) is 12.5 Å². The van der Waals surface area contributed by atoms with Gasteiger partial charge in [-0.3, -0.25) is 0 Å². The van der Waals surface area contributed by atoms with Crippen molar-refractivity contribution in [2.24, 2.45) is 0 Å². The molecule has 0 fully saturated rings. The van der Waals surface area contributed by atoms with Crippen LogP contribution in [0.2, 0.25) is 0 Å². The number of pyridine rings is 1. The minimum atomic E-state index is -0.722. The highest BCUT2D eigenvalue weighted by atomic mass is 16.5.